The predicted molar refractivity (Wildman–Crippen MR) is 77.3 cm³/mol. The maximum absolute atomic E-state index is 12.1. The van der Waals surface area contributed by atoms with E-state index >= 15 is 0 Å². The Morgan fingerprint density at radius 3 is 2.47 bits per heavy atom. The molecule has 0 spiro atoms. The molecule has 1 aromatic carbocycles. The molecular formula is C14H18BrNO3. The van der Waals surface area contributed by atoms with Gasteiger partial charge in [-0.3, -0.25) is 4.79 Å². The highest BCUT2D eigenvalue weighted by Gasteiger charge is 2.21. The van der Waals surface area contributed by atoms with Gasteiger partial charge < -0.3 is 10.1 Å². The van der Waals surface area contributed by atoms with Crippen LogP contribution in [0, 0.1) is 0 Å². The predicted octanol–water partition coefficient (Wildman–Crippen LogP) is 3.55. The molecule has 1 amide bonds. The number of benzene rings is 1. The molecule has 104 valence electrons. The fourth-order valence-corrected chi connectivity index (χ4v) is 1.84. The summed E-state index contributed by atoms with van der Waals surface area (Å²) in [6.45, 7) is 6.95. The zero-order valence-electron chi connectivity index (χ0n) is 11.5. The van der Waals surface area contributed by atoms with Crippen LogP contribution in [-0.2, 0) is 4.74 Å². The Balaban J connectivity index is 2.66. The van der Waals surface area contributed by atoms with E-state index in [9.17, 15) is 9.59 Å². The van der Waals surface area contributed by atoms with Crippen molar-refractivity contribution in [2.75, 3.05) is 0 Å². The molecular weight excluding hydrogens is 310 g/mol. The minimum absolute atomic E-state index is 0.160. The number of nitrogens with one attached hydrogen (secondary N) is 1. The molecule has 5 heteroatoms. The van der Waals surface area contributed by atoms with E-state index < -0.39 is 17.7 Å². The van der Waals surface area contributed by atoms with Crippen LogP contribution in [0.1, 0.15) is 38.1 Å². The lowest BCUT2D eigenvalue weighted by atomic mass is 10.1. The average Bonchev–Trinajstić information content (AvgIpc) is 2.25. The van der Waals surface area contributed by atoms with Crippen LogP contribution >= 0.6 is 15.9 Å². The van der Waals surface area contributed by atoms with E-state index in [0.29, 0.717) is 5.56 Å². The molecule has 0 aliphatic heterocycles. The maximum Gasteiger partial charge on any atom is 0.408 e. The Hall–Kier alpha value is -1.36. The summed E-state index contributed by atoms with van der Waals surface area (Å²) in [5.41, 5.74) is -0.0410. The first-order valence-electron chi connectivity index (χ1n) is 5.98. The first kappa shape index (κ1) is 15.7. The minimum atomic E-state index is -0.635. The van der Waals surface area contributed by atoms with Crippen molar-refractivity contribution >= 4 is 27.8 Å². The zero-order chi connectivity index (χ0) is 14.6. The quantitative estimate of drug-likeness (QED) is 0.864. The Bertz CT molecular complexity index is 480. The Morgan fingerprint density at radius 1 is 1.32 bits per heavy atom. The average molecular weight is 328 g/mol. The zero-order valence-corrected chi connectivity index (χ0v) is 13.1. The third kappa shape index (κ3) is 5.42. The lowest BCUT2D eigenvalue weighted by molar-refractivity contribution is 0.0497. The Kier molecular flexibility index (Phi) is 5.11. The van der Waals surface area contributed by atoms with Gasteiger partial charge in [-0.15, -0.1) is 0 Å². The first-order valence-corrected chi connectivity index (χ1v) is 6.77. The number of ketones is 1. The van der Waals surface area contributed by atoms with Gasteiger partial charge in [-0.2, -0.15) is 0 Å². The smallest absolute Gasteiger partial charge is 0.408 e. The minimum Gasteiger partial charge on any atom is -0.444 e. The van der Waals surface area contributed by atoms with Crippen molar-refractivity contribution in [1.82, 2.24) is 5.32 Å². The fourth-order valence-electron chi connectivity index (χ4n) is 1.44. The van der Waals surface area contributed by atoms with Crippen molar-refractivity contribution < 1.29 is 14.3 Å². The van der Waals surface area contributed by atoms with Crippen LogP contribution in [0.3, 0.4) is 0 Å². The van der Waals surface area contributed by atoms with Gasteiger partial charge in [0.2, 0.25) is 0 Å². The van der Waals surface area contributed by atoms with Gasteiger partial charge in [0.05, 0.1) is 6.04 Å². The topological polar surface area (TPSA) is 55.4 Å². The molecule has 0 fully saturated rings. The van der Waals surface area contributed by atoms with Gasteiger partial charge in [-0.25, -0.2) is 4.79 Å². The number of amides is 1. The van der Waals surface area contributed by atoms with Gasteiger partial charge in [0, 0.05) is 10.0 Å². The van der Waals surface area contributed by atoms with Crippen molar-refractivity contribution in [1.29, 1.82) is 0 Å². The second kappa shape index (κ2) is 6.19. The molecule has 0 saturated carbocycles. The molecule has 0 aliphatic carbocycles. The Morgan fingerprint density at radius 2 is 1.95 bits per heavy atom. The summed E-state index contributed by atoms with van der Waals surface area (Å²) < 4.78 is 5.93. The molecule has 1 unspecified atom stereocenters. The number of hydrogen-bond acceptors (Lipinski definition) is 3. The second-order valence-corrected chi connectivity index (χ2v) is 6.16. The molecule has 1 atom stereocenters. The summed E-state index contributed by atoms with van der Waals surface area (Å²) in [6, 6.07) is 6.40. The van der Waals surface area contributed by atoms with E-state index in [1.165, 1.54) is 0 Å². The molecule has 0 bridgehead atoms. The third-order valence-electron chi connectivity index (χ3n) is 2.24. The normalized spacial score (nSPS) is 12.7. The molecule has 1 N–H and O–H groups in total. The molecule has 0 aliphatic rings. The van der Waals surface area contributed by atoms with E-state index in [0.717, 1.165) is 4.47 Å². The summed E-state index contributed by atoms with van der Waals surface area (Å²) in [6.07, 6.45) is -0.594. The summed E-state index contributed by atoms with van der Waals surface area (Å²) in [5, 5.41) is 2.53. The molecule has 1 rings (SSSR count). The van der Waals surface area contributed by atoms with Crippen molar-refractivity contribution in [3.63, 3.8) is 0 Å². The first-order chi connectivity index (χ1) is 8.69. The van der Waals surface area contributed by atoms with Crippen molar-refractivity contribution in [2.45, 2.75) is 39.3 Å². The van der Waals surface area contributed by atoms with Gasteiger partial charge in [-0.1, -0.05) is 28.1 Å². The number of alkyl carbamates (subject to hydrolysis) is 1. The number of Topliss-reactive ketones (excluding diaryl/α,β-unsaturated/α-hetero) is 1. The number of hydrogen-bond donors (Lipinski definition) is 1. The molecule has 1 aromatic rings. The van der Waals surface area contributed by atoms with Crippen LogP contribution in [-0.4, -0.2) is 23.5 Å². The summed E-state index contributed by atoms with van der Waals surface area (Å²) in [5.74, 6) is -0.160. The monoisotopic (exact) mass is 327 g/mol. The summed E-state index contributed by atoms with van der Waals surface area (Å²) >= 11 is 3.31. The number of ether oxygens (including phenoxy) is 1. The van der Waals surface area contributed by atoms with Crippen LogP contribution in [0.4, 0.5) is 4.79 Å². The van der Waals surface area contributed by atoms with Crippen LogP contribution in [0.2, 0.25) is 0 Å². The van der Waals surface area contributed by atoms with E-state index in [1.807, 2.05) is 6.07 Å². The summed E-state index contributed by atoms with van der Waals surface area (Å²) in [7, 11) is 0. The fraction of sp³-hybridized carbons (Fsp3) is 0.429. The van der Waals surface area contributed by atoms with Crippen LogP contribution < -0.4 is 5.32 Å². The molecule has 0 aromatic heterocycles. The number of halogens is 1. The number of rotatable bonds is 3. The SMILES string of the molecule is CC(NC(=O)OC(C)(C)C)C(=O)c1cccc(Br)c1. The lowest BCUT2D eigenvalue weighted by Gasteiger charge is -2.21. The molecule has 4 nitrogen and oxygen atoms in total. The van der Waals surface area contributed by atoms with Crippen LogP contribution in [0.5, 0.6) is 0 Å². The highest BCUT2D eigenvalue weighted by molar-refractivity contribution is 9.10. The van der Waals surface area contributed by atoms with Crippen molar-refractivity contribution in [3.05, 3.63) is 34.3 Å². The van der Waals surface area contributed by atoms with Gasteiger partial charge in [-0.05, 0) is 39.8 Å². The highest BCUT2D eigenvalue weighted by atomic mass is 79.9. The van der Waals surface area contributed by atoms with Gasteiger partial charge >= 0.3 is 6.09 Å². The van der Waals surface area contributed by atoms with Gasteiger partial charge in [0.1, 0.15) is 5.60 Å². The maximum atomic E-state index is 12.1. The standard InChI is InChI=1S/C14H18BrNO3/c1-9(16-13(18)19-14(2,3)4)12(17)10-6-5-7-11(15)8-10/h5-9H,1-4H3,(H,16,18). The molecule has 0 radical (unpaired) electrons. The van der Waals surface area contributed by atoms with E-state index in [1.54, 1.807) is 45.9 Å². The van der Waals surface area contributed by atoms with Gasteiger partial charge in [0.25, 0.3) is 0 Å². The van der Waals surface area contributed by atoms with Crippen molar-refractivity contribution in [3.8, 4) is 0 Å². The molecule has 0 saturated heterocycles. The van der Waals surface area contributed by atoms with Gasteiger partial charge in [0.15, 0.2) is 5.78 Å². The van der Waals surface area contributed by atoms with Crippen LogP contribution in [0.25, 0.3) is 0 Å². The van der Waals surface area contributed by atoms with Crippen LogP contribution in [0.15, 0.2) is 28.7 Å². The van der Waals surface area contributed by atoms with Crippen molar-refractivity contribution in [2.24, 2.45) is 0 Å². The third-order valence-corrected chi connectivity index (χ3v) is 2.73. The van der Waals surface area contributed by atoms with E-state index in [2.05, 4.69) is 21.2 Å². The Labute approximate surface area is 121 Å². The summed E-state index contributed by atoms with van der Waals surface area (Å²) in [4.78, 5) is 23.7. The second-order valence-electron chi connectivity index (χ2n) is 5.24. The number of carbonyl (C=O) groups excluding carboxylic acids is 2. The largest absolute Gasteiger partial charge is 0.444 e. The van der Waals surface area contributed by atoms with E-state index in [4.69, 9.17) is 4.74 Å². The molecule has 0 heterocycles. The molecule has 19 heavy (non-hydrogen) atoms. The number of carbonyl (C=O) groups is 2. The van der Waals surface area contributed by atoms with E-state index in [-0.39, 0.29) is 5.78 Å². The highest BCUT2D eigenvalue weighted by Crippen LogP contribution is 2.13. The lowest BCUT2D eigenvalue weighted by Crippen LogP contribution is -2.41.